The summed E-state index contributed by atoms with van der Waals surface area (Å²) in [5, 5.41) is 2.72. The third-order valence-corrected chi connectivity index (χ3v) is 2.19. The lowest BCUT2D eigenvalue weighted by Crippen LogP contribution is -2.28. The summed E-state index contributed by atoms with van der Waals surface area (Å²) in [5.74, 6) is 0.606. The Morgan fingerprint density at radius 1 is 1.64 bits per heavy atom. The van der Waals surface area contributed by atoms with Gasteiger partial charge in [0.2, 0.25) is 0 Å². The van der Waals surface area contributed by atoms with Gasteiger partial charge in [0.15, 0.2) is 0 Å². The minimum atomic E-state index is -0.320. The highest BCUT2D eigenvalue weighted by molar-refractivity contribution is 5.67. The maximum atomic E-state index is 11.1. The van der Waals surface area contributed by atoms with Gasteiger partial charge in [-0.1, -0.05) is 0 Å². The number of amides is 1. The second-order valence-corrected chi connectivity index (χ2v) is 3.90. The minimum absolute atomic E-state index is 0.0511. The van der Waals surface area contributed by atoms with Crippen molar-refractivity contribution in [3.8, 4) is 0 Å². The van der Waals surface area contributed by atoms with Crippen LogP contribution in [0.5, 0.6) is 0 Å². The number of carbonyl (C=O) groups is 1. The number of nitrogens with one attached hydrogen (secondary N) is 1. The molecular formula is C10H19NO3. The van der Waals surface area contributed by atoms with E-state index in [-0.39, 0.29) is 12.2 Å². The van der Waals surface area contributed by atoms with E-state index in [4.69, 9.17) is 9.47 Å². The summed E-state index contributed by atoms with van der Waals surface area (Å²) in [6, 6.07) is 0. The fraction of sp³-hybridized carbons (Fsp3) is 0.900. The molecule has 0 aromatic rings. The van der Waals surface area contributed by atoms with Gasteiger partial charge in [0.1, 0.15) is 0 Å². The average Bonchev–Trinajstić information content (AvgIpc) is 2.55. The molecule has 1 aliphatic rings. The summed E-state index contributed by atoms with van der Waals surface area (Å²) in [4.78, 5) is 11.1. The molecule has 0 aromatic carbocycles. The van der Waals surface area contributed by atoms with E-state index in [0.717, 1.165) is 26.1 Å². The molecule has 4 nitrogen and oxygen atoms in total. The van der Waals surface area contributed by atoms with Crippen LogP contribution in [0.1, 0.15) is 26.7 Å². The van der Waals surface area contributed by atoms with E-state index in [0.29, 0.717) is 12.5 Å². The van der Waals surface area contributed by atoms with Crippen LogP contribution in [-0.4, -0.2) is 32.0 Å². The topological polar surface area (TPSA) is 47.6 Å². The van der Waals surface area contributed by atoms with Gasteiger partial charge >= 0.3 is 6.09 Å². The Labute approximate surface area is 85.0 Å². The molecule has 0 bridgehead atoms. The van der Waals surface area contributed by atoms with Crippen molar-refractivity contribution in [3.05, 3.63) is 0 Å². The predicted molar refractivity (Wildman–Crippen MR) is 53.2 cm³/mol. The number of hydrogen-bond acceptors (Lipinski definition) is 3. The van der Waals surface area contributed by atoms with Gasteiger partial charge in [-0.15, -0.1) is 0 Å². The van der Waals surface area contributed by atoms with Crippen molar-refractivity contribution in [2.24, 2.45) is 5.92 Å². The summed E-state index contributed by atoms with van der Waals surface area (Å²) in [7, 11) is 0. The van der Waals surface area contributed by atoms with Gasteiger partial charge in [-0.05, 0) is 32.6 Å². The highest BCUT2D eigenvalue weighted by Gasteiger charge is 2.15. The fourth-order valence-electron chi connectivity index (χ4n) is 1.45. The molecule has 0 saturated carbocycles. The molecule has 1 heterocycles. The first kappa shape index (κ1) is 11.3. The van der Waals surface area contributed by atoms with Gasteiger partial charge in [-0.2, -0.15) is 0 Å². The molecule has 1 rings (SSSR count). The van der Waals surface area contributed by atoms with Crippen LogP contribution in [0, 0.1) is 5.92 Å². The second kappa shape index (κ2) is 5.86. The van der Waals surface area contributed by atoms with Crippen LogP contribution in [0.15, 0.2) is 0 Å². The first-order valence-electron chi connectivity index (χ1n) is 5.20. The number of carbonyl (C=O) groups excluding carboxylic acids is 1. The minimum Gasteiger partial charge on any atom is -0.447 e. The van der Waals surface area contributed by atoms with Crippen LogP contribution < -0.4 is 5.32 Å². The predicted octanol–water partition coefficient (Wildman–Crippen LogP) is 1.55. The number of ether oxygens (including phenoxy) is 2. The standard InChI is InChI=1S/C10H19NO3/c1-8(2)14-10(12)11-5-3-9-4-6-13-7-9/h8-9H,3-7H2,1-2H3,(H,11,12). The summed E-state index contributed by atoms with van der Waals surface area (Å²) < 4.78 is 10.2. The van der Waals surface area contributed by atoms with E-state index < -0.39 is 0 Å². The highest BCUT2D eigenvalue weighted by Crippen LogP contribution is 2.15. The summed E-state index contributed by atoms with van der Waals surface area (Å²) in [6.07, 6.45) is 1.72. The third kappa shape index (κ3) is 4.46. The molecule has 14 heavy (non-hydrogen) atoms. The molecule has 1 amide bonds. The molecule has 82 valence electrons. The van der Waals surface area contributed by atoms with E-state index in [1.165, 1.54) is 0 Å². The lowest BCUT2D eigenvalue weighted by atomic mass is 10.1. The maximum Gasteiger partial charge on any atom is 0.407 e. The molecule has 1 N–H and O–H groups in total. The molecule has 0 aromatic heterocycles. The zero-order chi connectivity index (χ0) is 10.4. The van der Waals surface area contributed by atoms with Crippen molar-refractivity contribution >= 4 is 6.09 Å². The quantitative estimate of drug-likeness (QED) is 0.750. The number of rotatable bonds is 4. The van der Waals surface area contributed by atoms with Crippen molar-refractivity contribution in [3.63, 3.8) is 0 Å². The lowest BCUT2D eigenvalue weighted by molar-refractivity contribution is 0.115. The Morgan fingerprint density at radius 3 is 3.00 bits per heavy atom. The van der Waals surface area contributed by atoms with E-state index >= 15 is 0 Å². The lowest BCUT2D eigenvalue weighted by Gasteiger charge is -2.11. The molecule has 0 radical (unpaired) electrons. The average molecular weight is 201 g/mol. The molecule has 1 fully saturated rings. The van der Waals surface area contributed by atoms with Crippen molar-refractivity contribution in [1.29, 1.82) is 0 Å². The summed E-state index contributed by atoms with van der Waals surface area (Å²) >= 11 is 0. The Kier molecular flexibility index (Phi) is 4.73. The Bertz CT molecular complexity index is 176. The molecule has 1 unspecified atom stereocenters. The Morgan fingerprint density at radius 2 is 2.43 bits per heavy atom. The van der Waals surface area contributed by atoms with E-state index in [1.54, 1.807) is 0 Å². The zero-order valence-corrected chi connectivity index (χ0v) is 8.91. The van der Waals surface area contributed by atoms with E-state index in [9.17, 15) is 4.79 Å². The molecule has 0 spiro atoms. The van der Waals surface area contributed by atoms with Crippen molar-refractivity contribution in [1.82, 2.24) is 5.32 Å². The highest BCUT2D eigenvalue weighted by atomic mass is 16.6. The van der Waals surface area contributed by atoms with Gasteiger partial charge in [0.25, 0.3) is 0 Å². The molecule has 0 aliphatic carbocycles. The maximum absolute atomic E-state index is 11.1. The molecular weight excluding hydrogens is 182 g/mol. The summed E-state index contributed by atoms with van der Waals surface area (Å²) in [5.41, 5.74) is 0. The van der Waals surface area contributed by atoms with Crippen LogP contribution in [0.3, 0.4) is 0 Å². The molecule has 1 saturated heterocycles. The van der Waals surface area contributed by atoms with Crippen LogP contribution in [0.2, 0.25) is 0 Å². The van der Waals surface area contributed by atoms with Crippen molar-refractivity contribution in [2.75, 3.05) is 19.8 Å². The van der Waals surface area contributed by atoms with Crippen LogP contribution in [0.4, 0.5) is 4.79 Å². The molecule has 1 aliphatic heterocycles. The van der Waals surface area contributed by atoms with Gasteiger partial charge in [-0.25, -0.2) is 4.79 Å². The summed E-state index contributed by atoms with van der Waals surface area (Å²) in [6.45, 7) is 6.05. The number of hydrogen-bond donors (Lipinski definition) is 1. The van der Waals surface area contributed by atoms with Crippen LogP contribution in [0.25, 0.3) is 0 Å². The Hall–Kier alpha value is -0.770. The van der Waals surface area contributed by atoms with Crippen LogP contribution >= 0.6 is 0 Å². The van der Waals surface area contributed by atoms with Gasteiger partial charge in [0, 0.05) is 19.8 Å². The number of alkyl carbamates (subject to hydrolysis) is 1. The van der Waals surface area contributed by atoms with Gasteiger partial charge < -0.3 is 14.8 Å². The van der Waals surface area contributed by atoms with Crippen molar-refractivity contribution < 1.29 is 14.3 Å². The normalized spacial score (nSPS) is 21.2. The van der Waals surface area contributed by atoms with Gasteiger partial charge in [-0.3, -0.25) is 0 Å². The third-order valence-electron chi connectivity index (χ3n) is 2.19. The first-order chi connectivity index (χ1) is 6.68. The SMILES string of the molecule is CC(C)OC(=O)NCCC1CCOC1. The fourth-order valence-corrected chi connectivity index (χ4v) is 1.45. The Balaban J connectivity index is 1.99. The molecule has 4 heteroatoms. The molecule has 1 atom stereocenters. The van der Waals surface area contributed by atoms with E-state index in [2.05, 4.69) is 5.32 Å². The smallest absolute Gasteiger partial charge is 0.407 e. The van der Waals surface area contributed by atoms with Crippen LogP contribution in [-0.2, 0) is 9.47 Å². The monoisotopic (exact) mass is 201 g/mol. The zero-order valence-electron chi connectivity index (χ0n) is 8.91. The second-order valence-electron chi connectivity index (χ2n) is 3.90. The van der Waals surface area contributed by atoms with Crippen molar-refractivity contribution in [2.45, 2.75) is 32.8 Å². The largest absolute Gasteiger partial charge is 0.447 e. The first-order valence-corrected chi connectivity index (χ1v) is 5.20. The van der Waals surface area contributed by atoms with Gasteiger partial charge in [0.05, 0.1) is 6.10 Å². The van der Waals surface area contributed by atoms with E-state index in [1.807, 2.05) is 13.8 Å².